The number of cyclic esters (lactones) is 1. The van der Waals surface area contributed by atoms with Crippen molar-refractivity contribution in [1.29, 1.82) is 0 Å². The molecule has 3 atom stereocenters. The van der Waals surface area contributed by atoms with Crippen molar-refractivity contribution >= 4 is 14.3 Å². The van der Waals surface area contributed by atoms with Gasteiger partial charge in [0, 0.05) is 17.4 Å². The Hall–Kier alpha value is -3.07. The van der Waals surface area contributed by atoms with E-state index in [0.29, 0.717) is 41.8 Å². The number of rotatable bonds is 5. The number of hydrogen-bond donors (Lipinski definition) is 1. The molecule has 1 saturated heterocycles. The van der Waals surface area contributed by atoms with Crippen LogP contribution < -0.4 is 23.4 Å². The van der Waals surface area contributed by atoms with Crippen LogP contribution >= 0.6 is 0 Å². The van der Waals surface area contributed by atoms with Crippen LogP contribution in [0.4, 0.5) is 0 Å². The lowest BCUT2D eigenvalue weighted by atomic mass is 9.58. The highest BCUT2D eigenvalue weighted by molar-refractivity contribution is 6.74. The van der Waals surface area contributed by atoms with E-state index in [9.17, 15) is 9.90 Å². The number of methoxy groups -OCH3 is 2. The molecule has 9 heteroatoms. The summed E-state index contributed by atoms with van der Waals surface area (Å²) in [6.07, 6.45) is 0.497. The third-order valence-electron chi connectivity index (χ3n) is 8.82. The molecule has 5 rings (SSSR count). The van der Waals surface area contributed by atoms with Gasteiger partial charge < -0.3 is 33.2 Å². The van der Waals surface area contributed by atoms with E-state index in [4.69, 9.17) is 28.1 Å². The van der Waals surface area contributed by atoms with E-state index < -0.39 is 19.7 Å². The summed E-state index contributed by atoms with van der Waals surface area (Å²) < 4.78 is 35.1. The van der Waals surface area contributed by atoms with E-state index in [1.165, 1.54) is 0 Å². The summed E-state index contributed by atoms with van der Waals surface area (Å²) in [5, 5.41) is 11.1. The Labute approximate surface area is 218 Å². The first kappa shape index (κ1) is 25.6. The predicted octanol–water partition coefficient (Wildman–Crippen LogP) is 5.39. The maximum atomic E-state index is 13.3. The lowest BCUT2D eigenvalue weighted by Crippen LogP contribution is -2.44. The third kappa shape index (κ3) is 3.73. The molecule has 200 valence electrons. The first-order valence-electron chi connectivity index (χ1n) is 12.6. The second kappa shape index (κ2) is 8.48. The van der Waals surface area contributed by atoms with Crippen molar-refractivity contribution in [2.45, 2.75) is 58.2 Å². The number of benzene rings is 2. The van der Waals surface area contributed by atoms with Gasteiger partial charge in [-0.1, -0.05) is 20.8 Å². The molecule has 0 spiro atoms. The van der Waals surface area contributed by atoms with Gasteiger partial charge in [0.2, 0.25) is 12.5 Å². The van der Waals surface area contributed by atoms with Crippen molar-refractivity contribution in [2.24, 2.45) is 11.3 Å². The molecule has 2 aliphatic heterocycles. The molecule has 8 nitrogen and oxygen atoms in total. The standard InChI is InChI=1S/C28H36O8Si/c1-27(2,3)37(7,8)36-24-19(31-5)9-15(10-20(24)32-6)22-17-12-21-25(35-14-34-21)23(29)18(17)11-16-13-33-26(30)28(16,22)4/h9-10,12,16,22,29H,11,13-14H2,1-8H3/t16-,22+,28-/m0/s1. The molecule has 0 bridgehead atoms. The predicted molar refractivity (Wildman–Crippen MR) is 140 cm³/mol. The fourth-order valence-corrected chi connectivity index (χ4v) is 6.54. The van der Waals surface area contributed by atoms with Crippen LogP contribution in [0.1, 0.15) is 50.3 Å². The topological polar surface area (TPSA) is 92.7 Å². The maximum Gasteiger partial charge on any atom is 0.313 e. The van der Waals surface area contributed by atoms with Crippen LogP contribution in [0.5, 0.6) is 34.5 Å². The molecular weight excluding hydrogens is 492 g/mol. The Bertz CT molecular complexity index is 1240. The molecule has 1 N–H and O–H groups in total. The molecular formula is C28H36O8Si. The molecule has 37 heavy (non-hydrogen) atoms. The van der Waals surface area contributed by atoms with Crippen molar-refractivity contribution in [3.63, 3.8) is 0 Å². The Morgan fingerprint density at radius 3 is 2.30 bits per heavy atom. The third-order valence-corrected chi connectivity index (χ3v) is 13.1. The molecule has 0 amide bonds. The van der Waals surface area contributed by atoms with E-state index in [1.54, 1.807) is 14.2 Å². The highest BCUT2D eigenvalue weighted by Crippen LogP contribution is 2.61. The van der Waals surface area contributed by atoms with Gasteiger partial charge in [-0.2, -0.15) is 0 Å². The highest BCUT2D eigenvalue weighted by Gasteiger charge is 2.58. The first-order chi connectivity index (χ1) is 17.3. The van der Waals surface area contributed by atoms with Gasteiger partial charge in [-0.15, -0.1) is 0 Å². The summed E-state index contributed by atoms with van der Waals surface area (Å²) in [7, 11) is 0.983. The Morgan fingerprint density at radius 1 is 1.05 bits per heavy atom. The van der Waals surface area contributed by atoms with Gasteiger partial charge in [0.1, 0.15) is 0 Å². The normalized spacial score (nSPS) is 24.3. The summed E-state index contributed by atoms with van der Waals surface area (Å²) in [5.74, 6) is 1.67. The maximum absolute atomic E-state index is 13.3. The van der Waals surface area contributed by atoms with Crippen LogP contribution in [0, 0.1) is 11.3 Å². The zero-order valence-electron chi connectivity index (χ0n) is 22.8. The molecule has 0 aromatic heterocycles. The van der Waals surface area contributed by atoms with Crippen LogP contribution in [0.3, 0.4) is 0 Å². The Balaban J connectivity index is 1.72. The van der Waals surface area contributed by atoms with E-state index in [1.807, 2.05) is 25.1 Å². The number of carbonyl (C=O) groups excluding carboxylic acids is 1. The van der Waals surface area contributed by atoms with Crippen LogP contribution in [0.25, 0.3) is 0 Å². The van der Waals surface area contributed by atoms with Crippen molar-refractivity contribution < 1.29 is 38.0 Å². The van der Waals surface area contributed by atoms with Crippen molar-refractivity contribution in [3.8, 4) is 34.5 Å². The lowest BCUT2D eigenvalue weighted by molar-refractivity contribution is -0.146. The fraction of sp³-hybridized carbons (Fsp3) is 0.536. The van der Waals surface area contributed by atoms with Crippen molar-refractivity contribution in [2.75, 3.05) is 27.6 Å². The molecule has 1 fully saturated rings. The smallest absolute Gasteiger partial charge is 0.313 e. The van der Waals surface area contributed by atoms with Crippen molar-refractivity contribution in [1.82, 2.24) is 0 Å². The summed E-state index contributed by atoms with van der Waals surface area (Å²) >= 11 is 0. The largest absolute Gasteiger partial charge is 0.539 e. The first-order valence-corrected chi connectivity index (χ1v) is 15.5. The molecule has 3 aliphatic rings. The SMILES string of the molecule is COc1cc([C@@H]2c3cc4c(c(O)c3C[C@H]3COC(=O)[C@@]32C)OCO4)cc(OC)c1O[Si](C)(C)C(C)(C)C. The summed E-state index contributed by atoms with van der Waals surface area (Å²) in [5.41, 5.74) is 1.50. The Kier molecular flexibility index (Phi) is 5.86. The van der Waals surface area contributed by atoms with Crippen molar-refractivity contribution in [3.05, 3.63) is 34.9 Å². The van der Waals surface area contributed by atoms with Gasteiger partial charge >= 0.3 is 5.97 Å². The van der Waals surface area contributed by atoms with Gasteiger partial charge in [0.15, 0.2) is 28.7 Å². The van der Waals surface area contributed by atoms with E-state index >= 15 is 0 Å². The van der Waals surface area contributed by atoms with Gasteiger partial charge in [0.25, 0.3) is 8.32 Å². The van der Waals surface area contributed by atoms with Gasteiger partial charge in [-0.3, -0.25) is 4.79 Å². The number of phenolic OH excluding ortho intramolecular Hbond substituents is 1. The van der Waals surface area contributed by atoms with Crippen LogP contribution in [-0.2, 0) is 16.0 Å². The average Bonchev–Trinajstić information content (AvgIpc) is 3.42. The zero-order valence-corrected chi connectivity index (χ0v) is 23.8. The number of ether oxygens (including phenoxy) is 5. The lowest BCUT2D eigenvalue weighted by Gasteiger charge is -2.42. The number of carbonyl (C=O) groups is 1. The number of esters is 1. The Morgan fingerprint density at radius 2 is 1.70 bits per heavy atom. The monoisotopic (exact) mass is 528 g/mol. The van der Waals surface area contributed by atoms with E-state index in [0.717, 1.165) is 16.7 Å². The van der Waals surface area contributed by atoms with Crippen LogP contribution in [0.2, 0.25) is 18.1 Å². The number of hydrogen-bond acceptors (Lipinski definition) is 8. The molecule has 2 aromatic carbocycles. The molecule has 2 aromatic rings. The summed E-state index contributed by atoms with van der Waals surface area (Å²) in [6.45, 7) is 13.1. The molecule has 1 aliphatic carbocycles. The molecule has 0 unspecified atom stereocenters. The number of fused-ring (bicyclic) bond motifs is 3. The molecule has 0 saturated carbocycles. The minimum atomic E-state index is -2.22. The summed E-state index contributed by atoms with van der Waals surface area (Å²) in [6, 6.07) is 5.72. The van der Waals surface area contributed by atoms with E-state index in [-0.39, 0.29) is 29.5 Å². The van der Waals surface area contributed by atoms with Gasteiger partial charge in [-0.05, 0) is 60.8 Å². The second-order valence-corrected chi connectivity index (χ2v) is 16.6. The molecule has 0 radical (unpaired) electrons. The second-order valence-electron chi connectivity index (χ2n) is 11.9. The average molecular weight is 529 g/mol. The highest BCUT2D eigenvalue weighted by atomic mass is 28.4. The minimum Gasteiger partial charge on any atom is -0.539 e. The van der Waals surface area contributed by atoms with E-state index in [2.05, 4.69) is 33.9 Å². The van der Waals surface area contributed by atoms with Crippen LogP contribution in [0.15, 0.2) is 18.2 Å². The molecule has 2 heterocycles. The summed E-state index contributed by atoms with van der Waals surface area (Å²) in [4.78, 5) is 13.3. The fourth-order valence-electron chi connectivity index (χ4n) is 5.52. The number of phenols is 1. The number of aromatic hydroxyl groups is 1. The van der Waals surface area contributed by atoms with Gasteiger partial charge in [0.05, 0.1) is 26.2 Å². The van der Waals surface area contributed by atoms with Gasteiger partial charge in [-0.25, -0.2) is 0 Å². The zero-order chi connectivity index (χ0) is 26.9. The minimum absolute atomic E-state index is 0.0295. The quantitative estimate of drug-likeness (QED) is 0.408. The van der Waals surface area contributed by atoms with Crippen LogP contribution in [-0.4, -0.2) is 47.0 Å².